The predicted octanol–water partition coefficient (Wildman–Crippen LogP) is 2.90. The molecule has 0 aromatic heterocycles. The molecule has 0 aliphatic heterocycles. The number of hydrogen-bond acceptors (Lipinski definition) is 3. The van der Waals surface area contributed by atoms with E-state index in [9.17, 15) is 8.42 Å². The lowest BCUT2D eigenvalue weighted by Crippen LogP contribution is -2.52. The summed E-state index contributed by atoms with van der Waals surface area (Å²) >= 11 is 0. The molecule has 0 spiro atoms. The van der Waals surface area contributed by atoms with Crippen molar-refractivity contribution in [2.45, 2.75) is 25.6 Å². The highest BCUT2D eigenvalue weighted by atomic mass is 32.2. The lowest BCUT2D eigenvalue weighted by atomic mass is 9.79. The Labute approximate surface area is 137 Å². The Morgan fingerprint density at radius 2 is 1.87 bits per heavy atom. The monoisotopic (exact) mass is 339 g/mol. The predicted molar refractivity (Wildman–Crippen MR) is 90.0 cm³/mol. The molecule has 1 aromatic carbocycles. The number of benzene rings is 1. The van der Waals surface area contributed by atoms with Crippen molar-refractivity contribution in [3.8, 4) is 0 Å². The van der Waals surface area contributed by atoms with Crippen LogP contribution in [0.1, 0.15) is 19.4 Å². The zero-order chi connectivity index (χ0) is 17.3. The Morgan fingerprint density at radius 1 is 1.26 bits per heavy atom. The quantitative estimate of drug-likeness (QED) is 0.897. The van der Waals surface area contributed by atoms with Crippen LogP contribution in [-0.2, 0) is 14.8 Å². The second-order valence-electron chi connectivity index (χ2n) is 6.01. The van der Waals surface area contributed by atoms with Crippen molar-refractivity contribution in [3.05, 3.63) is 53.8 Å². The maximum absolute atomic E-state index is 15.5. The molecule has 1 aliphatic carbocycles. The topological polar surface area (TPSA) is 55.4 Å². The smallest absolute Gasteiger partial charge is 0.209 e. The Hall–Kier alpha value is -1.66. The van der Waals surface area contributed by atoms with Crippen molar-refractivity contribution in [3.63, 3.8) is 0 Å². The van der Waals surface area contributed by atoms with Gasteiger partial charge in [0.1, 0.15) is 5.76 Å². The molecule has 0 saturated heterocycles. The molecule has 2 unspecified atom stereocenters. The maximum Gasteiger partial charge on any atom is 0.209 e. The van der Waals surface area contributed by atoms with E-state index in [2.05, 4.69) is 4.72 Å². The molecule has 0 bridgehead atoms. The molecule has 0 amide bonds. The van der Waals surface area contributed by atoms with Gasteiger partial charge in [-0.1, -0.05) is 50.3 Å². The number of halogens is 1. The molecule has 23 heavy (non-hydrogen) atoms. The van der Waals surface area contributed by atoms with Gasteiger partial charge in [-0.25, -0.2) is 17.5 Å². The molecule has 2 rings (SSSR count). The molecule has 4 nitrogen and oxygen atoms in total. The van der Waals surface area contributed by atoms with Gasteiger partial charge in [0, 0.05) is 5.57 Å². The first-order chi connectivity index (χ1) is 10.7. The SMILES string of the molecule is COC1=CC(F)(C(C)C)C(NS(C)(=O)=O)C=C1c1ccccc1. The molecule has 1 aromatic rings. The van der Waals surface area contributed by atoms with Gasteiger partial charge in [0.2, 0.25) is 10.0 Å². The molecule has 6 heteroatoms. The van der Waals surface area contributed by atoms with E-state index in [0.29, 0.717) is 11.3 Å². The van der Waals surface area contributed by atoms with E-state index in [4.69, 9.17) is 4.74 Å². The van der Waals surface area contributed by atoms with E-state index in [1.165, 1.54) is 13.2 Å². The number of methoxy groups -OCH3 is 1. The summed E-state index contributed by atoms with van der Waals surface area (Å²) in [4.78, 5) is 0. The van der Waals surface area contributed by atoms with Crippen molar-refractivity contribution in [2.75, 3.05) is 13.4 Å². The standard InChI is InChI=1S/C17H22FNO3S/c1-12(2)17(18)11-15(22-3)14(13-8-6-5-7-9-13)10-16(17)19-23(4,20)21/h5-12,16,19H,1-4H3. The summed E-state index contributed by atoms with van der Waals surface area (Å²) in [6.07, 6.45) is 4.00. The summed E-state index contributed by atoms with van der Waals surface area (Å²) < 4.78 is 46.5. The molecule has 0 radical (unpaired) electrons. The average Bonchev–Trinajstić information content (AvgIpc) is 2.48. The molecule has 0 fully saturated rings. The summed E-state index contributed by atoms with van der Waals surface area (Å²) in [5.41, 5.74) is -0.359. The van der Waals surface area contributed by atoms with Gasteiger partial charge in [0.25, 0.3) is 0 Å². The van der Waals surface area contributed by atoms with E-state index in [0.717, 1.165) is 11.8 Å². The summed E-state index contributed by atoms with van der Waals surface area (Å²) in [6.45, 7) is 3.42. The van der Waals surface area contributed by atoms with E-state index < -0.39 is 27.7 Å². The minimum atomic E-state index is -3.56. The summed E-state index contributed by atoms with van der Waals surface area (Å²) in [5.74, 6) is -0.0283. The van der Waals surface area contributed by atoms with E-state index in [1.807, 2.05) is 30.3 Å². The Balaban J connectivity index is 2.56. The van der Waals surface area contributed by atoms with E-state index >= 15 is 4.39 Å². The second-order valence-corrected chi connectivity index (χ2v) is 7.79. The maximum atomic E-state index is 15.5. The third kappa shape index (κ3) is 3.82. The molecule has 2 atom stereocenters. The molecule has 1 aliphatic rings. The van der Waals surface area contributed by atoms with Crippen LogP contribution in [0.4, 0.5) is 4.39 Å². The Morgan fingerprint density at radius 3 is 2.35 bits per heavy atom. The first-order valence-corrected chi connectivity index (χ1v) is 9.27. The highest BCUT2D eigenvalue weighted by molar-refractivity contribution is 7.88. The number of rotatable bonds is 5. The highest BCUT2D eigenvalue weighted by Crippen LogP contribution is 2.39. The van der Waals surface area contributed by atoms with Crippen LogP contribution < -0.4 is 4.72 Å². The second kappa shape index (κ2) is 6.45. The first kappa shape index (κ1) is 17.7. The van der Waals surface area contributed by atoms with Gasteiger partial charge in [0.15, 0.2) is 5.67 Å². The molecule has 0 heterocycles. The van der Waals surface area contributed by atoms with Crippen LogP contribution >= 0.6 is 0 Å². The van der Waals surface area contributed by atoms with Crippen molar-refractivity contribution in [1.29, 1.82) is 0 Å². The summed E-state index contributed by atoms with van der Waals surface area (Å²) in [6, 6.07) is 8.35. The summed E-state index contributed by atoms with van der Waals surface area (Å²) in [7, 11) is -2.08. The van der Waals surface area contributed by atoms with E-state index in [-0.39, 0.29) is 0 Å². The number of alkyl halides is 1. The zero-order valence-electron chi connectivity index (χ0n) is 13.7. The zero-order valence-corrected chi connectivity index (χ0v) is 14.5. The normalized spacial score (nSPS) is 25.0. The molecule has 126 valence electrons. The van der Waals surface area contributed by atoms with Crippen LogP contribution in [0.25, 0.3) is 5.57 Å². The molecule has 1 N–H and O–H groups in total. The van der Waals surface area contributed by atoms with Crippen LogP contribution in [0.15, 0.2) is 48.2 Å². The van der Waals surface area contributed by atoms with Crippen LogP contribution in [-0.4, -0.2) is 33.5 Å². The average molecular weight is 339 g/mol. The lowest BCUT2D eigenvalue weighted by molar-refractivity contribution is 0.125. The van der Waals surface area contributed by atoms with Gasteiger partial charge in [-0.15, -0.1) is 0 Å². The Bertz CT molecular complexity index is 725. The van der Waals surface area contributed by atoms with Crippen molar-refractivity contribution >= 4 is 15.6 Å². The van der Waals surface area contributed by atoms with Gasteiger partial charge in [-0.05, 0) is 17.6 Å². The van der Waals surface area contributed by atoms with Gasteiger partial charge >= 0.3 is 0 Å². The number of ether oxygens (including phenoxy) is 1. The number of allylic oxidation sites excluding steroid dienone is 1. The number of sulfonamides is 1. The van der Waals surface area contributed by atoms with Crippen molar-refractivity contribution in [1.82, 2.24) is 4.72 Å². The van der Waals surface area contributed by atoms with E-state index in [1.54, 1.807) is 19.9 Å². The highest BCUT2D eigenvalue weighted by Gasteiger charge is 2.44. The van der Waals surface area contributed by atoms with Crippen LogP contribution in [0.3, 0.4) is 0 Å². The molecule has 0 saturated carbocycles. The fourth-order valence-electron chi connectivity index (χ4n) is 2.65. The fourth-order valence-corrected chi connectivity index (χ4v) is 3.36. The lowest BCUT2D eigenvalue weighted by Gasteiger charge is -2.37. The number of hydrogen-bond donors (Lipinski definition) is 1. The number of nitrogens with one attached hydrogen (secondary N) is 1. The van der Waals surface area contributed by atoms with Gasteiger partial charge in [-0.2, -0.15) is 0 Å². The van der Waals surface area contributed by atoms with Crippen LogP contribution in [0.5, 0.6) is 0 Å². The fraction of sp³-hybridized carbons (Fsp3) is 0.412. The minimum absolute atomic E-state index is 0.402. The third-order valence-corrected chi connectivity index (χ3v) is 4.64. The van der Waals surface area contributed by atoms with Crippen molar-refractivity contribution < 1.29 is 17.5 Å². The first-order valence-electron chi connectivity index (χ1n) is 7.38. The molecular formula is C17H22FNO3S. The van der Waals surface area contributed by atoms with Crippen LogP contribution in [0.2, 0.25) is 0 Å². The largest absolute Gasteiger partial charge is 0.496 e. The van der Waals surface area contributed by atoms with Gasteiger partial charge in [-0.3, -0.25) is 0 Å². The molecular weight excluding hydrogens is 317 g/mol. The Kier molecular flexibility index (Phi) is 4.96. The van der Waals surface area contributed by atoms with Crippen molar-refractivity contribution in [2.24, 2.45) is 5.92 Å². The van der Waals surface area contributed by atoms with Gasteiger partial charge < -0.3 is 4.74 Å². The van der Waals surface area contributed by atoms with Gasteiger partial charge in [0.05, 0.1) is 19.4 Å². The minimum Gasteiger partial charge on any atom is -0.496 e. The third-order valence-electron chi connectivity index (χ3n) is 3.96. The summed E-state index contributed by atoms with van der Waals surface area (Å²) in [5, 5.41) is 0. The van der Waals surface area contributed by atoms with Crippen LogP contribution in [0, 0.1) is 5.92 Å².